The third-order valence-electron chi connectivity index (χ3n) is 2.88. The molecule has 0 fully saturated rings. The number of rotatable bonds is 5. The minimum Gasteiger partial charge on any atom is -0.491 e. The lowest BCUT2D eigenvalue weighted by Gasteiger charge is -2.24. The first kappa shape index (κ1) is 16.0. The first-order valence-corrected chi connectivity index (χ1v) is 7.22. The Morgan fingerprint density at radius 3 is 2.47 bits per heavy atom. The van der Waals surface area contributed by atoms with Gasteiger partial charge in [0.15, 0.2) is 0 Å². The fourth-order valence-corrected chi connectivity index (χ4v) is 2.42. The minimum absolute atomic E-state index is 0.00551. The number of carboxylic acids is 1. The van der Waals surface area contributed by atoms with E-state index in [1.165, 1.54) is 5.56 Å². The maximum Gasteiger partial charge on any atom is 0.306 e. The Hall–Kier alpha value is -1.03. The molecule has 19 heavy (non-hydrogen) atoms. The number of benzene rings is 1. The van der Waals surface area contributed by atoms with E-state index in [2.05, 4.69) is 49.7 Å². The van der Waals surface area contributed by atoms with Gasteiger partial charge in [-0.3, -0.25) is 4.79 Å². The summed E-state index contributed by atoms with van der Waals surface area (Å²) in [5.74, 6) is -0.0930. The Kier molecular flexibility index (Phi) is 5.41. The third-order valence-corrected chi connectivity index (χ3v) is 3.47. The highest BCUT2D eigenvalue weighted by Crippen LogP contribution is 2.38. The van der Waals surface area contributed by atoms with Gasteiger partial charge >= 0.3 is 5.97 Å². The van der Waals surface area contributed by atoms with Crippen molar-refractivity contribution in [2.24, 2.45) is 0 Å². The van der Waals surface area contributed by atoms with E-state index < -0.39 is 5.97 Å². The van der Waals surface area contributed by atoms with E-state index in [1.54, 1.807) is 0 Å². The second-order valence-corrected chi connectivity index (χ2v) is 6.40. The second-order valence-electron chi connectivity index (χ2n) is 5.55. The Labute approximate surface area is 123 Å². The summed E-state index contributed by atoms with van der Waals surface area (Å²) in [6.07, 6.45) is 0.961. The van der Waals surface area contributed by atoms with Crippen LogP contribution in [0.2, 0.25) is 0 Å². The molecule has 0 aromatic heterocycles. The summed E-state index contributed by atoms with van der Waals surface area (Å²) in [7, 11) is 0. The van der Waals surface area contributed by atoms with Crippen LogP contribution in [0.3, 0.4) is 0 Å². The van der Waals surface area contributed by atoms with Crippen molar-refractivity contribution in [1.29, 1.82) is 0 Å². The molecular formula is C15H21BrO3. The van der Waals surface area contributed by atoms with E-state index in [0.717, 1.165) is 22.2 Å². The normalized spacial score (nSPS) is 11.4. The van der Waals surface area contributed by atoms with Gasteiger partial charge in [0.1, 0.15) is 5.75 Å². The second kappa shape index (κ2) is 6.42. The Morgan fingerprint density at radius 1 is 1.37 bits per heavy atom. The Morgan fingerprint density at radius 2 is 2.00 bits per heavy atom. The van der Waals surface area contributed by atoms with E-state index >= 15 is 0 Å². The lowest BCUT2D eigenvalue weighted by atomic mass is 9.85. The van der Waals surface area contributed by atoms with Crippen molar-refractivity contribution in [3.8, 4) is 5.75 Å². The average molecular weight is 329 g/mol. The van der Waals surface area contributed by atoms with E-state index in [4.69, 9.17) is 9.84 Å². The largest absolute Gasteiger partial charge is 0.491 e. The molecule has 0 amide bonds. The molecule has 1 aromatic carbocycles. The first-order valence-electron chi connectivity index (χ1n) is 6.43. The fraction of sp³-hybridized carbons (Fsp3) is 0.533. The highest BCUT2D eigenvalue weighted by Gasteiger charge is 2.22. The van der Waals surface area contributed by atoms with Crippen LogP contribution < -0.4 is 4.74 Å². The standard InChI is InChI=1S/C15H21BrO3/c1-5-10-8-11(15(2,3)4)14(12(16)9-10)19-7-6-13(17)18/h8-9H,5-7H2,1-4H3,(H,17,18). The molecule has 0 radical (unpaired) electrons. The van der Waals surface area contributed by atoms with Crippen molar-refractivity contribution in [2.45, 2.75) is 46.0 Å². The van der Waals surface area contributed by atoms with Crippen LogP contribution in [0.1, 0.15) is 45.2 Å². The zero-order chi connectivity index (χ0) is 14.6. The number of halogens is 1. The van der Waals surface area contributed by atoms with E-state index in [-0.39, 0.29) is 18.4 Å². The molecule has 0 aliphatic rings. The van der Waals surface area contributed by atoms with Gasteiger partial charge in [0.25, 0.3) is 0 Å². The molecule has 0 spiro atoms. The Bertz CT molecular complexity index is 461. The summed E-state index contributed by atoms with van der Waals surface area (Å²) in [6.45, 7) is 8.66. The molecule has 0 heterocycles. The number of carbonyl (C=O) groups is 1. The number of hydrogen-bond donors (Lipinski definition) is 1. The van der Waals surface area contributed by atoms with Gasteiger partial charge in [0.05, 0.1) is 17.5 Å². The predicted octanol–water partition coefficient (Wildman–Crippen LogP) is 4.16. The van der Waals surface area contributed by atoms with Crippen LogP contribution in [0.4, 0.5) is 0 Å². The number of carboxylic acid groups (broad SMARTS) is 1. The minimum atomic E-state index is -0.849. The van der Waals surface area contributed by atoms with Crippen molar-refractivity contribution in [3.63, 3.8) is 0 Å². The fourth-order valence-electron chi connectivity index (χ4n) is 1.80. The third kappa shape index (κ3) is 4.53. The van der Waals surface area contributed by atoms with Crippen LogP contribution in [0.25, 0.3) is 0 Å². The molecule has 1 rings (SSSR count). The topological polar surface area (TPSA) is 46.5 Å². The molecule has 3 nitrogen and oxygen atoms in total. The molecular weight excluding hydrogens is 308 g/mol. The average Bonchev–Trinajstić information content (AvgIpc) is 2.28. The molecule has 0 unspecified atom stereocenters. The lowest BCUT2D eigenvalue weighted by molar-refractivity contribution is -0.137. The summed E-state index contributed by atoms with van der Waals surface area (Å²) in [6, 6.07) is 4.17. The first-order chi connectivity index (χ1) is 8.75. The van der Waals surface area contributed by atoms with Gasteiger partial charge in [0, 0.05) is 5.56 Å². The van der Waals surface area contributed by atoms with Gasteiger partial charge in [-0.15, -0.1) is 0 Å². The van der Waals surface area contributed by atoms with Gasteiger partial charge in [-0.05, 0) is 39.4 Å². The van der Waals surface area contributed by atoms with Crippen molar-refractivity contribution >= 4 is 21.9 Å². The molecule has 1 aromatic rings. The summed E-state index contributed by atoms with van der Waals surface area (Å²) in [5.41, 5.74) is 2.29. The summed E-state index contributed by atoms with van der Waals surface area (Å²) in [4.78, 5) is 10.6. The maximum atomic E-state index is 10.6. The van der Waals surface area contributed by atoms with Crippen molar-refractivity contribution in [3.05, 3.63) is 27.7 Å². The SMILES string of the molecule is CCc1cc(Br)c(OCCC(=O)O)c(C(C)(C)C)c1. The van der Waals surface area contributed by atoms with Crippen molar-refractivity contribution in [2.75, 3.05) is 6.61 Å². The lowest BCUT2D eigenvalue weighted by Crippen LogP contribution is -2.15. The van der Waals surface area contributed by atoms with Crippen LogP contribution in [0.15, 0.2) is 16.6 Å². The molecule has 106 valence electrons. The number of aryl methyl sites for hydroxylation is 1. The maximum absolute atomic E-state index is 10.6. The number of ether oxygens (including phenoxy) is 1. The van der Waals surface area contributed by atoms with Gasteiger partial charge in [-0.2, -0.15) is 0 Å². The van der Waals surface area contributed by atoms with E-state index in [9.17, 15) is 4.79 Å². The quantitative estimate of drug-likeness (QED) is 0.882. The highest BCUT2D eigenvalue weighted by atomic mass is 79.9. The van der Waals surface area contributed by atoms with Crippen molar-refractivity contribution in [1.82, 2.24) is 0 Å². The van der Waals surface area contributed by atoms with Crippen LogP contribution in [-0.2, 0) is 16.6 Å². The predicted molar refractivity (Wildman–Crippen MR) is 80.0 cm³/mol. The highest BCUT2D eigenvalue weighted by molar-refractivity contribution is 9.10. The summed E-state index contributed by atoms with van der Waals surface area (Å²) in [5, 5.41) is 8.68. The molecule has 0 bridgehead atoms. The van der Waals surface area contributed by atoms with Gasteiger partial charge < -0.3 is 9.84 Å². The monoisotopic (exact) mass is 328 g/mol. The van der Waals surface area contributed by atoms with Gasteiger partial charge in [0.2, 0.25) is 0 Å². The smallest absolute Gasteiger partial charge is 0.306 e. The number of aliphatic carboxylic acids is 1. The van der Waals surface area contributed by atoms with Crippen LogP contribution >= 0.6 is 15.9 Å². The van der Waals surface area contributed by atoms with Gasteiger partial charge in [-0.1, -0.05) is 33.8 Å². The molecule has 0 aliphatic carbocycles. The zero-order valence-electron chi connectivity index (χ0n) is 11.9. The van der Waals surface area contributed by atoms with Gasteiger partial charge in [-0.25, -0.2) is 0 Å². The van der Waals surface area contributed by atoms with Crippen LogP contribution in [0, 0.1) is 0 Å². The van der Waals surface area contributed by atoms with Crippen LogP contribution in [-0.4, -0.2) is 17.7 Å². The summed E-state index contributed by atoms with van der Waals surface area (Å²) < 4.78 is 6.57. The number of hydrogen-bond acceptors (Lipinski definition) is 2. The molecule has 1 N–H and O–H groups in total. The molecule has 4 heteroatoms. The Balaban J connectivity index is 3.10. The molecule has 0 aliphatic heterocycles. The zero-order valence-corrected chi connectivity index (χ0v) is 13.5. The summed E-state index contributed by atoms with van der Waals surface area (Å²) >= 11 is 3.53. The van der Waals surface area contributed by atoms with E-state index in [0.29, 0.717) is 0 Å². The van der Waals surface area contributed by atoms with Crippen molar-refractivity contribution < 1.29 is 14.6 Å². The molecule has 0 saturated heterocycles. The molecule has 0 atom stereocenters. The van der Waals surface area contributed by atoms with E-state index in [1.807, 2.05) is 6.07 Å². The van der Waals surface area contributed by atoms with Crippen LogP contribution in [0.5, 0.6) is 5.75 Å². The molecule has 0 saturated carbocycles.